The number of nitro benzene ring substituents is 1. The Morgan fingerprint density at radius 3 is 2.59 bits per heavy atom. The Kier molecular flexibility index (Phi) is 5.80. The van der Waals surface area contributed by atoms with Gasteiger partial charge in [0.05, 0.1) is 10.6 Å². The van der Waals surface area contributed by atoms with Crippen LogP contribution in [0.25, 0.3) is 0 Å². The number of hydrogen-bond donors (Lipinski definition) is 4. The van der Waals surface area contributed by atoms with Crippen LogP contribution in [0.3, 0.4) is 0 Å². The normalized spacial score (nSPS) is 13.9. The Morgan fingerprint density at radius 1 is 1.18 bits per heavy atom. The Labute approximate surface area is 193 Å². The zero-order valence-corrected chi connectivity index (χ0v) is 17.5. The molecular weight excluding hydrogens is 438 g/mol. The summed E-state index contributed by atoms with van der Waals surface area (Å²) in [5.74, 6) is 0.803. The lowest BCUT2D eigenvalue weighted by Gasteiger charge is -2.27. The number of ether oxygens (including phenoxy) is 1. The highest BCUT2D eigenvalue weighted by atomic mass is 16.6. The maximum Gasteiger partial charge on any atom is 0.269 e. The first-order valence-corrected chi connectivity index (χ1v) is 9.86. The second-order valence-corrected chi connectivity index (χ2v) is 7.15. The average molecular weight is 455 g/mol. The highest BCUT2D eigenvalue weighted by Crippen LogP contribution is 2.43. The van der Waals surface area contributed by atoms with Gasteiger partial charge in [-0.25, -0.2) is 9.98 Å². The monoisotopic (exact) mass is 455 g/mol. The molecule has 12 heteroatoms. The first kappa shape index (κ1) is 21.9. The van der Waals surface area contributed by atoms with Crippen molar-refractivity contribution in [3.63, 3.8) is 0 Å². The topological polar surface area (TPSA) is 201 Å². The number of nitrogen functional groups attached to an aromatic ring is 2. The number of nitro groups is 1. The molecular formula is C22H17N9O3. The highest BCUT2D eigenvalue weighted by molar-refractivity contribution is 5.98. The fourth-order valence-electron chi connectivity index (χ4n) is 3.52. The van der Waals surface area contributed by atoms with E-state index in [0.717, 1.165) is 5.56 Å². The lowest BCUT2D eigenvalue weighted by molar-refractivity contribution is -0.384. The van der Waals surface area contributed by atoms with Crippen molar-refractivity contribution in [1.29, 1.82) is 10.5 Å². The number of para-hydroxylation sites is 1. The molecule has 0 saturated carbocycles. The van der Waals surface area contributed by atoms with Gasteiger partial charge in [-0.1, -0.05) is 18.2 Å². The number of aliphatic imine (C=N–C) groups is 1. The predicted molar refractivity (Wildman–Crippen MR) is 123 cm³/mol. The minimum Gasteiger partial charge on any atom is -0.489 e. The van der Waals surface area contributed by atoms with Gasteiger partial charge in [-0.05, 0) is 23.8 Å². The fraction of sp³-hybridized carbons (Fsp3) is 0.0909. The number of guanidine groups is 1. The third-order valence-corrected chi connectivity index (χ3v) is 5.11. The van der Waals surface area contributed by atoms with Gasteiger partial charge < -0.3 is 21.5 Å². The second kappa shape index (κ2) is 9.02. The summed E-state index contributed by atoms with van der Waals surface area (Å²) in [5, 5.41) is 34.7. The summed E-state index contributed by atoms with van der Waals surface area (Å²) in [4.78, 5) is 19.2. The molecule has 0 radical (unpaired) electrons. The van der Waals surface area contributed by atoms with Gasteiger partial charge in [0.15, 0.2) is 6.19 Å². The van der Waals surface area contributed by atoms with Gasteiger partial charge in [0, 0.05) is 23.3 Å². The van der Waals surface area contributed by atoms with E-state index in [-0.39, 0.29) is 41.1 Å². The number of nitrogens with one attached hydrogen (secondary N) is 2. The van der Waals surface area contributed by atoms with Crippen molar-refractivity contribution in [3.8, 4) is 18.0 Å². The van der Waals surface area contributed by atoms with Gasteiger partial charge in [0.2, 0.25) is 5.96 Å². The van der Waals surface area contributed by atoms with Gasteiger partial charge in [-0.15, -0.1) is 0 Å². The van der Waals surface area contributed by atoms with Crippen molar-refractivity contribution in [2.45, 2.75) is 12.6 Å². The van der Waals surface area contributed by atoms with Crippen LogP contribution in [0.15, 0.2) is 53.5 Å². The highest BCUT2D eigenvalue weighted by Gasteiger charge is 2.31. The van der Waals surface area contributed by atoms with Gasteiger partial charge in [-0.3, -0.25) is 15.4 Å². The average Bonchev–Trinajstić information content (AvgIpc) is 2.83. The molecule has 1 aliphatic rings. The predicted octanol–water partition coefficient (Wildman–Crippen LogP) is 2.55. The number of rotatable bonds is 5. The van der Waals surface area contributed by atoms with Crippen LogP contribution >= 0.6 is 0 Å². The summed E-state index contributed by atoms with van der Waals surface area (Å²) in [6.07, 6.45) is 1.80. The lowest BCUT2D eigenvalue weighted by atomic mass is 9.94. The van der Waals surface area contributed by atoms with E-state index >= 15 is 0 Å². The maximum atomic E-state index is 10.9. The molecule has 0 saturated heterocycles. The number of nitrogens with two attached hydrogens (primary N) is 2. The van der Waals surface area contributed by atoms with Crippen LogP contribution in [0.5, 0.6) is 5.75 Å². The van der Waals surface area contributed by atoms with E-state index in [1.54, 1.807) is 42.6 Å². The molecule has 12 nitrogen and oxygen atoms in total. The minimum atomic E-state index is -0.764. The first-order valence-electron chi connectivity index (χ1n) is 9.86. The number of anilines is 3. The van der Waals surface area contributed by atoms with E-state index in [9.17, 15) is 15.4 Å². The largest absolute Gasteiger partial charge is 0.489 e. The van der Waals surface area contributed by atoms with Crippen molar-refractivity contribution in [1.82, 2.24) is 10.3 Å². The molecule has 0 spiro atoms. The molecule has 0 amide bonds. The number of nitriles is 2. The van der Waals surface area contributed by atoms with Gasteiger partial charge >= 0.3 is 0 Å². The summed E-state index contributed by atoms with van der Waals surface area (Å²) in [5.41, 5.74) is 14.0. The number of non-ortho nitro benzene ring substituents is 1. The molecule has 0 fully saturated rings. The summed E-state index contributed by atoms with van der Waals surface area (Å²) in [6, 6.07) is 14.3. The van der Waals surface area contributed by atoms with Crippen LogP contribution in [0.4, 0.5) is 23.0 Å². The summed E-state index contributed by atoms with van der Waals surface area (Å²) >= 11 is 0. The molecule has 2 aromatic carbocycles. The Bertz CT molecular complexity index is 1390. The Morgan fingerprint density at radius 2 is 1.91 bits per heavy atom. The van der Waals surface area contributed by atoms with Gasteiger partial charge in [0.1, 0.15) is 41.7 Å². The number of benzene rings is 2. The number of pyridine rings is 1. The molecule has 1 aromatic heterocycles. The fourth-order valence-corrected chi connectivity index (χ4v) is 3.52. The first-order chi connectivity index (χ1) is 16.4. The van der Waals surface area contributed by atoms with E-state index in [0.29, 0.717) is 16.9 Å². The molecule has 0 bridgehead atoms. The third kappa shape index (κ3) is 4.06. The molecule has 34 heavy (non-hydrogen) atoms. The van der Waals surface area contributed by atoms with Crippen LogP contribution in [-0.2, 0) is 6.61 Å². The van der Waals surface area contributed by atoms with Crippen LogP contribution in [0, 0.1) is 32.9 Å². The smallest absolute Gasteiger partial charge is 0.269 e. The lowest BCUT2D eigenvalue weighted by Crippen LogP contribution is -2.32. The zero-order valence-electron chi connectivity index (χ0n) is 17.5. The molecule has 0 aliphatic carbocycles. The minimum absolute atomic E-state index is 0.0159. The van der Waals surface area contributed by atoms with Gasteiger partial charge in [0.25, 0.3) is 5.69 Å². The Hall–Kier alpha value is -5.36. The van der Waals surface area contributed by atoms with Crippen LogP contribution in [0.1, 0.15) is 28.3 Å². The summed E-state index contributed by atoms with van der Waals surface area (Å²) in [6.45, 7) is 0.138. The van der Waals surface area contributed by atoms with Crippen molar-refractivity contribution in [2.24, 2.45) is 4.99 Å². The van der Waals surface area contributed by atoms with Crippen LogP contribution in [-0.4, -0.2) is 15.9 Å². The number of nitrogens with zero attached hydrogens (tertiary/aromatic N) is 5. The quantitative estimate of drug-likeness (QED) is 0.192. The van der Waals surface area contributed by atoms with Crippen LogP contribution in [0.2, 0.25) is 0 Å². The van der Waals surface area contributed by atoms with Crippen molar-refractivity contribution in [2.75, 3.05) is 16.8 Å². The van der Waals surface area contributed by atoms with Crippen LogP contribution < -0.4 is 26.8 Å². The molecule has 1 unspecified atom stereocenters. The second-order valence-electron chi connectivity index (χ2n) is 7.15. The van der Waals surface area contributed by atoms with E-state index in [4.69, 9.17) is 21.5 Å². The molecule has 1 aliphatic heterocycles. The summed E-state index contributed by atoms with van der Waals surface area (Å²) in [7, 11) is 0. The molecule has 1 atom stereocenters. The van der Waals surface area contributed by atoms with E-state index in [1.165, 1.54) is 12.1 Å². The van der Waals surface area contributed by atoms with E-state index in [1.807, 2.05) is 6.07 Å². The molecule has 6 N–H and O–H groups in total. The standard InChI is InChI=1S/C22H17N9O3/c23-9-15-18(25)17-19(28-22(27-11-24)30-21(17)29-20(15)26)14-3-1-2-4-16(14)34-10-12-5-7-13(8-6-12)31(32)33/h1-8,19H,10H2,(H6,25,26,27,28,29,30). The van der Waals surface area contributed by atoms with Crippen molar-refractivity contribution in [3.05, 3.63) is 80.9 Å². The molecule has 2 heterocycles. The molecule has 3 aromatic rings. The van der Waals surface area contributed by atoms with E-state index < -0.39 is 11.0 Å². The number of fused-ring (bicyclic) bond motifs is 1. The van der Waals surface area contributed by atoms with Crippen molar-refractivity contribution < 1.29 is 9.66 Å². The zero-order chi connectivity index (χ0) is 24.2. The van der Waals surface area contributed by atoms with E-state index in [2.05, 4.69) is 20.6 Å². The van der Waals surface area contributed by atoms with Crippen molar-refractivity contribution >= 4 is 29.0 Å². The summed E-state index contributed by atoms with van der Waals surface area (Å²) < 4.78 is 6.01. The Balaban J connectivity index is 1.74. The molecule has 168 valence electrons. The van der Waals surface area contributed by atoms with Gasteiger partial charge in [-0.2, -0.15) is 10.5 Å². The number of hydrogen-bond acceptors (Lipinski definition) is 11. The SMILES string of the molecule is N#CNC1=NC(c2ccccc2OCc2ccc([N+](=O)[O-])cc2)c2c(nc(N)c(C#N)c2N)N1. The maximum absolute atomic E-state index is 10.9. The number of aromatic nitrogens is 1. The third-order valence-electron chi connectivity index (χ3n) is 5.11. The molecule has 4 rings (SSSR count).